The summed E-state index contributed by atoms with van der Waals surface area (Å²) in [6, 6.07) is 9.34. The smallest absolute Gasteiger partial charge is 0.247 e. The molecule has 3 aromatic rings. The van der Waals surface area contributed by atoms with Gasteiger partial charge in [0.2, 0.25) is 11.8 Å². The van der Waals surface area contributed by atoms with Crippen LogP contribution in [0, 0.1) is 0 Å². The van der Waals surface area contributed by atoms with Gasteiger partial charge in [-0.2, -0.15) is 9.50 Å². The van der Waals surface area contributed by atoms with Crippen LogP contribution in [-0.4, -0.2) is 41.9 Å². The number of rotatable bonds is 4. The zero-order chi connectivity index (χ0) is 17.2. The molecule has 0 saturated heterocycles. The van der Waals surface area contributed by atoms with Crippen LogP contribution in [0.4, 0.5) is 17.5 Å². The topological polar surface area (TPSA) is 108 Å². The lowest BCUT2D eigenvalue weighted by molar-refractivity contribution is 0.126. The molecular formula is C17H20N6O2. The van der Waals surface area contributed by atoms with Gasteiger partial charge in [-0.15, -0.1) is 5.10 Å². The van der Waals surface area contributed by atoms with Gasteiger partial charge in [0, 0.05) is 12.1 Å². The van der Waals surface area contributed by atoms with Crippen LogP contribution in [0.25, 0.3) is 5.65 Å². The molecule has 4 rings (SSSR count). The predicted octanol–water partition coefficient (Wildman–Crippen LogP) is 2.29. The Kier molecular flexibility index (Phi) is 4.10. The van der Waals surface area contributed by atoms with E-state index in [9.17, 15) is 10.2 Å². The maximum absolute atomic E-state index is 9.64. The number of hydrogen-bond acceptors (Lipinski definition) is 7. The second kappa shape index (κ2) is 6.56. The third-order valence-corrected chi connectivity index (χ3v) is 4.41. The van der Waals surface area contributed by atoms with Crippen molar-refractivity contribution in [1.29, 1.82) is 0 Å². The van der Waals surface area contributed by atoms with Crippen LogP contribution in [0.2, 0.25) is 0 Å². The van der Waals surface area contributed by atoms with Gasteiger partial charge in [0.25, 0.3) is 0 Å². The number of nitrogens with zero attached hydrogens (tertiary/aromatic N) is 4. The standard InChI is InChI=1S/C17H20N6O2/c24-13-7-4-11(5-8-13)19-14-2-1-3-15-21-17(22-23(14)15)20-12-6-9-16(25)18-10-12/h1-3,6,9-11,13,19,24H,4-5,7-8H2,(H,18,25)(H,20,22). The fourth-order valence-electron chi connectivity index (χ4n) is 3.09. The van der Waals surface area contributed by atoms with Crippen LogP contribution in [0.5, 0.6) is 5.88 Å². The van der Waals surface area contributed by atoms with E-state index in [4.69, 9.17) is 0 Å². The van der Waals surface area contributed by atoms with Gasteiger partial charge in [0.15, 0.2) is 5.65 Å². The molecule has 1 aliphatic rings. The molecule has 0 radical (unpaired) electrons. The molecule has 8 heteroatoms. The maximum Gasteiger partial charge on any atom is 0.247 e. The molecule has 3 aromatic heterocycles. The Bertz CT molecular complexity index is 855. The van der Waals surface area contributed by atoms with E-state index < -0.39 is 0 Å². The molecule has 8 nitrogen and oxygen atoms in total. The molecule has 130 valence electrons. The van der Waals surface area contributed by atoms with Gasteiger partial charge >= 0.3 is 0 Å². The van der Waals surface area contributed by atoms with Crippen molar-refractivity contribution in [3.05, 3.63) is 36.5 Å². The number of fused-ring (bicyclic) bond motifs is 1. The van der Waals surface area contributed by atoms with Crippen LogP contribution in [0.3, 0.4) is 0 Å². The Morgan fingerprint density at radius 2 is 1.92 bits per heavy atom. The number of nitrogens with one attached hydrogen (secondary N) is 2. The van der Waals surface area contributed by atoms with E-state index in [1.165, 1.54) is 12.3 Å². The van der Waals surface area contributed by atoms with Crippen molar-refractivity contribution >= 4 is 23.1 Å². The summed E-state index contributed by atoms with van der Waals surface area (Å²) < 4.78 is 1.77. The monoisotopic (exact) mass is 340 g/mol. The molecule has 0 aliphatic heterocycles. The summed E-state index contributed by atoms with van der Waals surface area (Å²) in [4.78, 5) is 8.29. The average molecular weight is 340 g/mol. The maximum atomic E-state index is 9.64. The summed E-state index contributed by atoms with van der Waals surface area (Å²) in [5.41, 5.74) is 1.43. The SMILES string of the molecule is Oc1ccc(Nc2nc3cccc(NC4CCC(O)CC4)n3n2)cn1. The summed E-state index contributed by atoms with van der Waals surface area (Å²) in [5, 5.41) is 30.0. The number of aromatic nitrogens is 4. The number of hydrogen-bond donors (Lipinski definition) is 4. The highest BCUT2D eigenvalue weighted by Crippen LogP contribution is 2.23. The minimum absolute atomic E-state index is 0.0300. The largest absolute Gasteiger partial charge is 0.493 e. The van der Waals surface area contributed by atoms with E-state index in [2.05, 4.69) is 25.7 Å². The van der Waals surface area contributed by atoms with Gasteiger partial charge < -0.3 is 20.8 Å². The molecule has 25 heavy (non-hydrogen) atoms. The van der Waals surface area contributed by atoms with Gasteiger partial charge in [0.1, 0.15) is 5.82 Å². The molecule has 4 N–H and O–H groups in total. The van der Waals surface area contributed by atoms with Crippen molar-refractivity contribution in [2.75, 3.05) is 10.6 Å². The number of anilines is 3. The van der Waals surface area contributed by atoms with Crippen LogP contribution in [0.15, 0.2) is 36.5 Å². The molecule has 1 fully saturated rings. The van der Waals surface area contributed by atoms with Crippen LogP contribution < -0.4 is 10.6 Å². The van der Waals surface area contributed by atoms with Gasteiger partial charge in [-0.1, -0.05) is 6.07 Å². The first-order valence-corrected chi connectivity index (χ1v) is 8.40. The quantitative estimate of drug-likeness (QED) is 0.577. The zero-order valence-electron chi connectivity index (χ0n) is 13.6. The summed E-state index contributed by atoms with van der Waals surface area (Å²) >= 11 is 0. The Morgan fingerprint density at radius 1 is 1.08 bits per heavy atom. The second-order valence-electron chi connectivity index (χ2n) is 6.30. The lowest BCUT2D eigenvalue weighted by Crippen LogP contribution is -2.29. The Balaban J connectivity index is 1.54. The third kappa shape index (κ3) is 3.48. The summed E-state index contributed by atoms with van der Waals surface area (Å²) in [6.45, 7) is 0. The fraction of sp³-hybridized carbons (Fsp3) is 0.353. The predicted molar refractivity (Wildman–Crippen MR) is 94.1 cm³/mol. The van der Waals surface area contributed by atoms with E-state index in [1.54, 1.807) is 10.6 Å². The van der Waals surface area contributed by atoms with Crippen LogP contribution in [0.1, 0.15) is 25.7 Å². The molecule has 1 saturated carbocycles. The van der Waals surface area contributed by atoms with Crippen LogP contribution in [-0.2, 0) is 0 Å². The minimum atomic E-state index is -0.171. The van der Waals surface area contributed by atoms with E-state index in [-0.39, 0.29) is 12.0 Å². The van der Waals surface area contributed by atoms with Crippen molar-refractivity contribution in [2.45, 2.75) is 37.8 Å². The first-order valence-electron chi connectivity index (χ1n) is 8.40. The summed E-state index contributed by atoms with van der Waals surface area (Å²) in [6.07, 6.45) is 4.88. The Hall–Kier alpha value is -2.87. The van der Waals surface area contributed by atoms with E-state index in [1.807, 2.05) is 18.2 Å². The molecule has 0 atom stereocenters. The van der Waals surface area contributed by atoms with Gasteiger partial charge in [0.05, 0.1) is 18.0 Å². The number of aliphatic hydroxyl groups is 1. The summed E-state index contributed by atoms with van der Waals surface area (Å²) in [7, 11) is 0. The van der Waals surface area contributed by atoms with Crippen molar-refractivity contribution in [3.63, 3.8) is 0 Å². The lowest BCUT2D eigenvalue weighted by Gasteiger charge is -2.26. The summed E-state index contributed by atoms with van der Waals surface area (Å²) in [5.74, 6) is 1.31. The second-order valence-corrected chi connectivity index (χ2v) is 6.30. The first kappa shape index (κ1) is 15.6. The molecule has 1 aliphatic carbocycles. The van der Waals surface area contributed by atoms with E-state index >= 15 is 0 Å². The molecule has 3 heterocycles. The minimum Gasteiger partial charge on any atom is -0.493 e. The first-order chi connectivity index (χ1) is 12.2. The van der Waals surface area contributed by atoms with Crippen molar-refractivity contribution in [3.8, 4) is 5.88 Å². The van der Waals surface area contributed by atoms with Crippen molar-refractivity contribution in [1.82, 2.24) is 19.6 Å². The molecule has 0 unspecified atom stereocenters. The number of pyridine rings is 2. The molecule has 0 amide bonds. The number of aliphatic hydroxyl groups excluding tert-OH is 1. The molecule has 0 spiro atoms. The fourth-order valence-corrected chi connectivity index (χ4v) is 3.09. The van der Waals surface area contributed by atoms with E-state index in [0.29, 0.717) is 17.7 Å². The lowest BCUT2D eigenvalue weighted by atomic mass is 9.93. The van der Waals surface area contributed by atoms with E-state index in [0.717, 1.165) is 37.1 Å². The van der Waals surface area contributed by atoms with Gasteiger partial charge in [-0.3, -0.25) is 0 Å². The average Bonchev–Trinajstić information content (AvgIpc) is 3.02. The highest BCUT2D eigenvalue weighted by molar-refractivity contribution is 5.57. The van der Waals surface area contributed by atoms with Crippen molar-refractivity contribution in [2.24, 2.45) is 0 Å². The Morgan fingerprint density at radius 3 is 2.68 bits per heavy atom. The van der Waals surface area contributed by atoms with Crippen molar-refractivity contribution < 1.29 is 10.2 Å². The number of aromatic hydroxyl groups is 1. The van der Waals surface area contributed by atoms with Gasteiger partial charge in [-0.05, 0) is 43.9 Å². The molecule has 0 aromatic carbocycles. The van der Waals surface area contributed by atoms with Gasteiger partial charge in [-0.25, -0.2) is 4.98 Å². The highest BCUT2D eigenvalue weighted by atomic mass is 16.3. The molecule has 0 bridgehead atoms. The Labute approximate surface area is 144 Å². The zero-order valence-corrected chi connectivity index (χ0v) is 13.6. The highest BCUT2D eigenvalue weighted by Gasteiger charge is 2.20. The van der Waals surface area contributed by atoms with Crippen LogP contribution >= 0.6 is 0 Å². The normalized spacial score (nSPS) is 20.5. The third-order valence-electron chi connectivity index (χ3n) is 4.41. The molecular weight excluding hydrogens is 320 g/mol.